The van der Waals surface area contributed by atoms with Crippen molar-refractivity contribution in [3.05, 3.63) is 5.43 Å². The Balaban J connectivity index is 1.84. The van der Waals surface area contributed by atoms with Crippen LogP contribution >= 0.6 is 0 Å². The summed E-state index contributed by atoms with van der Waals surface area (Å²) >= 11 is 0. The van der Waals surface area contributed by atoms with E-state index in [1.165, 1.54) is 18.6 Å². The summed E-state index contributed by atoms with van der Waals surface area (Å²) < 4.78 is 0. The molecule has 0 spiro atoms. The predicted octanol–water partition coefficient (Wildman–Crippen LogP) is 2.41. The summed E-state index contributed by atoms with van der Waals surface area (Å²) in [5.41, 5.74) is 5.76. The minimum atomic E-state index is 0.185. The van der Waals surface area contributed by atoms with Gasteiger partial charge in [-0.05, 0) is 30.6 Å². The van der Waals surface area contributed by atoms with E-state index in [2.05, 4.69) is 51.9 Å². The van der Waals surface area contributed by atoms with Gasteiger partial charge in [-0.2, -0.15) is 0 Å². The third kappa shape index (κ3) is 1.33. The molecular formula is C11H17N6-. The fourth-order valence-electron chi connectivity index (χ4n) is 3.38. The van der Waals surface area contributed by atoms with Gasteiger partial charge in [-0.15, -0.1) is 5.21 Å². The Morgan fingerprint density at radius 2 is 2.24 bits per heavy atom. The standard InChI is InChI=1S/C11H17N6/c1-10(2)7-4-5-11(10,3)8(6-7)12-13-9-14-16-17-15-9/h7H,4-6H2,1-3H3,(H-,13,14,15,16,17)/q-1/b12-8+/t7-,11-/m1/s1. The lowest BCUT2D eigenvalue weighted by atomic mass is 9.70. The third-order valence-electron chi connectivity index (χ3n) is 5.11. The number of aromatic nitrogens is 4. The maximum absolute atomic E-state index is 4.37. The molecular weight excluding hydrogens is 216 g/mol. The van der Waals surface area contributed by atoms with E-state index >= 15 is 0 Å². The van der Waals surface area contributed by atoms with Crippen LogP contribution in [0, 0.1) is 16.7 Å². The molecule has 1 heterocycles. The summed E-state index contributed by atoms with van der Waals surface area (Å²) in [5, 5.41) is 17.8. The normalized spacial score (nSPS) is 36.6. The first-order valence-corrected chi connectivity index (χ1v) is 6.05. The van der Waals surface area contributed by atoms with Crippen molar-refractivity contribution in [3.8, 4) is 0 Å². The van der Waals surface area contributed by atoms with Crippen molar-refractivity contribution < 1.29 is 0 Å². The van der Waals surface area contributed by atoms with Crippen LogP contribution in [0.4, 0.5) is 5.95 Å². The summed E-state index contributed by atoms with van der Waals surface area (Å²) in [6.45, 7) is 7.01. The number of H-pyrrole nitrogens is 1. The molecule has 1 aromatic rings. The van der Waals surface area contributed by atoms with Crippen molar-refractivity contribution in [1.29, 1.82) is 0 Å². The van der Waals surface area contributed by atoms with E-state index in [0.717, 1.165) is 12.3 Å². The van der Waals surface area contributed by atoms with Crippen molar-refractivity contribution in [1.82, 2.24) is 20.6 Å². The van der Waals surface area contributed by atoms with Crippen LogP contribution in [-0.4, -0.2) is 26.3 Å². The molecule has 2 saturated carbocycles. The lowest BCUT2D eigenvalue weighted by Gasteiger charge is -2.34. The molecule has 0 aliphatic heterocycles. The summed E-state index contributed by atoms with van der Waals surface area (Å²) in [4.78, 5) is 0. The minimum Gasteiger partial charge on any atom is -0.277 e. The van der Waals surface area contributed by atoms with E-state index in [4.69, 9.17) is 0 Å². The molecule has 0 saturated heterocycles. The van der Waals surface area contributed by atoms with E-state index in [1.54, 1.807) is 0 Å². The molecule has 2 bridgehead atoms. The van der Waals surface area contributed by atoms with Crippen LogP contribution in [0.1, 0.15) is 40.0 Å². The molecule has 2 fully saturated rings. The van der Waals surface area contributed by atoms with Crippen LogP contribution in [-0.2, 0) is 0 Å². The first-order chi connectivity index (χ1) is 8.04. The van der Waals surface area contributed by atoms with E-state index in [9.17, 15) is 0 Å². The van der Waals surface area contributed by atoms with Crippen LogP contribution in [0.15, 0.2) is 5.10 Å². The molecule has 0 unspecified atom stereocenters. The molecule has 1 aromatic heterocycles. The Morgan fingerprint density at radius 3 is 2.76 bits per heavy atom. The zero-order chi connectivity index (χ0) is 12.1. The maximum Gasteiger partial charge on any atom is 0.0830 e. The van der Waals surface area contributed by atoms with E-state index in [-0.39, 0.29) is 5.41 Å². The smallest absolute Gasteiger partial charge is 0.0830 e. The number of hydrogen-bond acceptors (Lipinski definition) is 4. The Kier molecular flexibility index (Phi) is 2.06. The molecule has 1 N–H and O–H groups in total. The molecule has 0 radical (unpaired) electrons. The molecule has 17 heavy (non-hydrogen) atoms. The SMILES string of the molecule is CC1(C)[C@@H]2CC[C@]1(C)/C(=N/[N-]c1nn[nH]n1)C2. The van der Waals surface area contributed by atoms with Gasteiger partial charge in [0.1, 0.15) is 0 Å². The quantitative estimate of drug-likeness (QED) is 0.796. The summed E-state index contributed by atoms with van der Waals surface area (Å²) in [6.07, 6.45) is 3.58. The summed E-state index contributed by atoms with van der Waals surface area (Å²) in [5.74, 6) is 1.05. The Hall–Kier alpha value is -1.46. The topological polar surface area (TPSA) is 80.9 Å². The summed E-state index contributed by atoms with van der Waals surface area (Å²) in [6, 6.07) is 0. The number of hydrogen-bond donors (Lipinski definition) is 1. The number of aromatic amines is 1. The predicted molar refractivity (Wildman–Crippen MR) is 63.9 cm³/mol. The van der Waals surface area contributed by atoms with Gasteiger partial charge >= 0.3 is 0 Å². The molecule has 6 nitrogen and oxygen atoms in total. The van der Waals surface area contributed by atoms with Crippen LogP contribution in [0.25, 0.3) is 5.43 Å². The zero-order valence-corrected chi connectivity index (χ0v) is 10.4. The molecule has 92 valence electrons. The van der Waals surface area contributed by atoms with Crippen LogP contribution in [0.3, 0.4) is 0 Å². The Bertz CT molecular complexity index is 449. The highest BCUT2D eigenvalue weighted by Crippen LogP contribution is 2.64. The van der Waals surface area contributed by atoms with Crippen molar-refractivity contribution >= 4 is 11.7 Å². The number of rotatable bonds is 2. The first kappa shape index (κ1) is 10.7. The highest BCUT2D eigenvalue weighted by atomic mass is 15.5. The van der Waals surface area contributed by atoms with E-state index < -0.39 is 0 Å². The van der Waals surface area contributed by atoms with Crippen molar-refractivity contribution in [2.45, 2.75) is 40.0 Å². The molecule has 3 rings (SSSR count). The Morgan fingerprint density at radius 1 is 1.41 bits per heavy atom. The number of fused-ring (bicyclic) bond motifs is 2. The van der Waals surface area contributed by atoms with Crippen molar-refractivity contribution in [3.63, 3.8) is 0 Å². The molecule has 6 heteroatoms. The average molecular weight is 233 g/mol. The second kappa shape index (κ2) is 3.27. The van der Waals surface area contributed by atoms with Crippen molar-refractivity contribution in [2.24, 2.45) is 21.8 Å². The van der Waals surface area contributed by atoms with Crippen LogP contribution in [0.2, 0.25) is 0 Å². The van der Waals surface area contributed by atoms with E-state index in [0.29, 0.717) is 11.4 Å². The van der Waals surface area contributed by atoms with Gasteiger partial charge in [0.05, 0.1) is 5.95 Å². The first-order valence-electron chi connectivity index (χ1n) is 6.05. The van der Waals surface area contributed by atoms with Gasteiger partial charge in [-0.1, -0.05) is 20.8 Å². The zero-order valence-electron chi connectivity index (χ0n) is 10.4. The minimum absolute atomic E-state index is 0.185. The van der Waals surface area contributed by atoms with Gasteiger partial charge in [0.25, 0.3) is 0 Å². The second-order valence-electron chi connectivity index (χ2n) is 5.85. The van der Waals surface area contributed by atoms with Gasteiger partial charge < -0.3 is 0 Å². The lowest BCUT2D eigenvalue weighted by Crippen LogP contribution is -2.32. The molecule has 2 aliphatic carbocycles. The lowest BCUT2D eigenvalue weighted by molar-refractivity contribution is 0.194. The maximum atomic E-state index is 4.37. The molecule has 0 aromatic carbocycles. The fraction of sp³-hybridized carbons (Fsp3) is 0.818. The summed E-state index contributed by atoms with van der Waals surface area (Å²) in [7, 11) is 0. The average Bonchev–Trinajstić information content (AvgIpc) is 2.91. The molecule has 0 amide bonds. The Labute approximate surface area is 100 Å². The largest absolute Gasteiger partial charge is 0.277 e. The molecule has 2 atom stereocenters. The number of nitrogens with zero attached hydrogens (tertiary/aromatic N) is 5. The van der Waals surface area contributed by atoms with Gasteiger partial charge in [0, 0.05) is 11.1 Å². The van der Waals surface area contributed by atoms with Crippen LogP contribution in [0.5, 0.6) is 0 Å². The van der Waals surface area contributed by atoms with Crippen molar-refractivity contribution in [2.75, 3.05) is 0 Å². The number of tetrazole rings is 1. The van der Waals surface area contributed by atoms with Gasteiger partial charge in [-0.25, -0.2) is 5.10 Å². The van der Waals surface area contributed by atoms with Gasteiger partial charge in [0.2, 0.25) is 0 Å². The highest BCUT2D eigenvalue weighted by molar-refractivity contribution is 5.95. The van der Waals surface area contributed by atoms with Gasteiger partial charge in [0.15, 0.2) is 0 Å². The van der Waals surface area contributed by atoms with Gasteiger partial charge in [-0.3, -0.25) is 20.8 Å². The van der Waals surface area contributed by atoms with Crippen LogP contribution < -0.4 is 0 Å². The van der Waals surface area contributed by atoms with E-state index in [1.807, 2.05) is 0 Å². The number of nitrogens with one attached hydrogen (secondary N) is 1. The molecule has 2 aliphatic rings. The fourth-order valence-corrected chi connectivity index (χ4v) is 3.38. The highest BCUT2D eigenvalue weighted by Gasteiger charge is 2.59. The third-order valence-corrected chi connectivity index (χ3v) is 5.11. The second-order valence-corrected chi connectivity index (χ2v) is 5.85. The monoisotopic (exact) mass is 233 g/mol.